The summed E-state index contributed by atoms with van der Waals surface area (Å²) in [6.45, 7) is 2.17. The number of para-hydroxylation sites is 1. The molecule has 0 bridgehead atoms. The van der Waals surface area contributed by atoms with Gasteiger partial charge in [-0.25, -0.2) is 10.1 Å². The molecule has 1 aromatic heterocycles. The van der Waals surface area contributed by atoms with E-state index in [4.69, 9.17) is 0 Å². The van der Waals surface area contributed by atoms with Gasteiger partial charge in [0.1, 0.15) is 5.75 Å². The predicted molar refractivity (Wildman–Crippen MR) is 71.0 cm³/mol. The standard InChI is InChI=1S/C13H13FN4O2/c1-2-18-12(14)9(8-16-18)7-15-17-13(20)10-5-3-4-6-11(10)19/h3-8,19H,2H2,1H3,(H,17,20)/b15-7+. The minimum atomic E-state index is -0.581. The van der Waals surface area contributed by atoms with Crippen LogP contribution in [0.3, 0.4) is 0 Å². The van der Waals surface area contributed by atoms with Crippen molar-refractivity contribution in [1.29, 1.82) is 0 Å². The SMILES string of the molecule is CCn1ncc(/C=N/NC(=O)c2ccccc2O)c1F. The number of hydrogen-bond donors (Lipinski definition) is 2. The van der Waals surface area contributed by atoms with E-state index in [9.17, 15) is 14.3 Å². The minimum absolute atomic E-state index is 0.0920. The Morgan fingerprint density at radius 3 is 2.95 bits per heavy atom. The van der Waals surface area contributed by atoms with Crippen LogP contribution in [0, 0.1) is 5.95 Å². The summed E-state index contributed by atoms with van der Waals surface area (Å²) < 4.78 is 14.8. The Morgan fingerprint density at radius 2 is 2.30 bits per heavy atom. The third-order valence-electron chi connectivity index (χ3n) is 2.62. The molecule has 0 aliphatic heterocycles. The number of benzene rings is 1. The smallest absolute Gasteiger partial charge is 0.275 e. The number of hydrogen-bond acceptors (Lipinski definition) is 4. The molecule has 0 saturated carbocycles. The molecule has 0 fully saturated rings. The van der Waals surface area contributed by atoms with Crippen LogP contribution < -0.4 is 5.43 Å². The quantitative estimate of drug-likeness (QED) is 0.656. The van der Waals surface area contributed by atoms with Gasteiger partial charge in [0, 0.05) is 6.54 Å². The molecule has 104 valence electrons. The molecular formula is C13H13FN4O2. The highest BCUT2D eigenvalue weighted by Gasteiger charge is 2.09. The van der Waals surface area contributed by atoms with Gasteiger partial charge < -0.3 is 5.11 Å². The summed E-state index contributed by atoms with van der Waals surface area (Å²) in [5, 5.41) is 16.9. The number of rotatable bonds is 4. The summed E-state index contributed by atoms with van der Waals surface area (Å²) in [6.07, 6.45) is 2.47. The van der Waals surface area contributed by atoms with Crippen LogP contribution in [-0.2, 0) is 6.54 Å². The van der Waals surface area contributed by atoms with Crippen molar-refractivity contribution >= 4 is 12.1 Å². The zero-order valence-corrected chi connectivity index (χ0v) is 10.7. The largest absolute Gasteiger partial charge is 0.507 e. The lowest BCUT2D eigenvalue weighted by Gasteiger charge is -2.01. The Hall–Kier alpha value is -2.70. The van der Waals surface area contributed by atoms with E-state index in [1.54, 1.807) is 19.1 Å². The van der Waals surface area contributed by atoms with Crippen LogP contribution >= 0.6 is 0 Å². The maximum Gasteiger partial charge on any atom is 0.275 e. The maximum atomic E-state index is 13.6. The topological polar surface area (TPSA) is 79.5 Å². The first-order valence-electron chi connectivity index (χ1n) is 5.96. The van der Waals surface area contributed by atoms with Gasteiger partial charge in [-0.05, 0) is 19.1 Å². The van der Waals surface area contributed by atoms with Crippen molar-refractivity contribution in [3.63, 3.8) is 0 Å². The van der Waals surface area contributed by atoms with E-state index in [2.05, 4.69) is 15.6 Å². The van der Waals surface area contributed by atoms with Crippen molar-refractivity contribution in [2.45, 2.75) is 13.5 Å². The number of carbonyl (C=O) groups is 1. The summed E-state index contributed by atoms with van der Waals surface area (Å²) in [5.74, 6) is -1.25. The van der Waals surface area contributed by atoms with Gasteiger partial charge in [0.2, 0.25) is 5.95 Å². The number of amides is 1. The average Bonchev–Trinajstić information content (AvgIpc) is 2.80. The number of halogens is 1. The normalized spacial score (nSPS) is 10.9. The Morgan fingerprint density at radius 1 is 1.55 bits per heavy atom. The molecule has 6 nitrogen and oxygen atoms in total. The van der Waals surface area contributed by atoms with E-state index in [0.29, 0.717) is 6.54 Å². The Bertz CT molecular complexity index is 652. The lowest BCUT2D eigenvalue weighted by molar-refractivity contribution is 0.0952. The van der Waals surface area contributed by atoms with Crippen molar-refractivity contribution in [3.05, 3.63) is 47.5 Å². The van der Waals surface area contributed by atoms with Gasteiger partial charge in [0.05, 0.1) is 23.5 Å². The molecule has 20 heavy (non-hydrogen) atoms. The van der Waals surface area contributed by atoms with Crippen molar-refractivity contribution in [3.8, 4) is 5.75 Å². The van der Waals surface area contributed by atoms with Gasteiger partial charge in [-0.2, -0.15) is 14.6 Å². The molecule has 7 heteroatoms. The molecule has 0 unspecified atom stereocenters. The minimum Gasteiger partial charge on any atom is -0.507 e. The number of aromatic hydroxyl groups is 1. The van der Waals surface area contributed by atoms with Crippen LogP contribution in [0.15, 0.2) is 35.6 Å². The van der Waals surface area contributed by atoms with Crippen molar-refractivity contribution in [1.82, 2.24) is 15.2 Å². The van der Waals surface area contributed by atoms with E-state index < -0.39 is 11.9 Å². The molecular weight excluding hydrogens is 263 g/mol. The zero-order valence-electron chi connectivity index (χ0n) is 10.7. The summed E-state index contributed by atoms with van der Waals surface area (Å²) in [5.41, 5.74) is 2.47. The van der Waals surface area contributed by atoms with Crippen LogP contribution in [0.4, 0.5) is 4.39 Å². The summed E-state index contributed by atoms with van der Waals surface area (Å²) in [4.78, 5) is 11.7. The molecule has 0 saturated heterocycles. The third kappa shape index (κ3) is 2.82. The van der Waals surface area contributed by atoms with E-state index in [1.807, 2.05) is 0 Å². The van der Waals surface area contributed by atoms with Gasteiger partial charge in [-0.1, -0.05) is 12.1 Å². The summed E-state index contributed by atoms with van der Waals surface area (Å²) >= 11 is 0. The number of aromatic nitrogens is 2. The molecule has 0 aliphatic rings. The lowest BCUT2D eigenvalue weighted by atomic mass is 10.2. The van der Waals surface area contributed by atoms with Crippen LogP contribution in [0.1, 0.15) is 22.8 Å². The number of nitrogens with zero attached hydrogens (tertiary/aromatic N) is 3. The van der Waals surface area contributed by atoms with Gasteiger partial charge >= 0.3 is 0 Å². The average molecular weight is 276 g/mol. The number of phenols is 1. The molecule has 1 heterocycles. The van der Waals surface area contributed by atoms with E-state index >= 15 is 0 Å². The monoisotopic (exact) mass is 276 g/mol. The number of phenolic OH excluding ortho intramolecular Hbond substituents is 1. The molecule has 0 radical (unpaired) electrons. The first kappa shape index (κ1) is 13.7. The zero-order chi connectivity index (χ0) is 14.5. The Balaban J connectivity index is 2.05. The third-order valence-corrected chi connectivity index (χ3v) is 2.62. The fourth-order valence-electron chi connectivity index (χ4n) is 1.58. The van der Waals surface area contributed by atoms with Crippen LogP contribution in [0.2, 0.25) is 0 Å². The van der Waals surface area contributed by atoms with Gasteiger partial charge in [0.25, 0.3) is 5.91 Å². The van der Waals surface area contributed by atoms with Crippen LogP contribution in [0.25, 0.3) is 0 Å². The molecule has 2 aromatic rings. The van der Waals surface area contributed by atoms with Gasteiger partial charge in [-0.15, -0.1) is 0 Å². The predicted octanol–water partition coefficient (Wildman–Crippen LogP) is 1.51. The van der Waals surface area contributed by atoms with Gasteiger partial charge in [-0.3, -0.25) is 4.79 Å². The molecule has 0 atom stereocenters. The lowest BCUT2D eigenvalue weighted by Crippen LogP contribution is -2.17. The summed E-state index contributed by atoms with van der Waals surface area (Å²) in [7, 11) is 0. The van der Waals surface area contributed by atoms with Crippen molar-refractivity contribution in [2.24, 2.45) is 5.10 Å². The van der Waals surface area contributed by atoms with Gasteiger partial charge in [0.15, 0.2) is 0 Å². The molecule has 0 spiro atoms. The van der Waals surface area contributed by atoms with E-state index in [1.165, 1.54) is 23.0 Å². The summed E-state index contributed by atoms with van der Waals surface area (Å²) in [6, 6.07) is 6.06. The fraction of sp³-hybridized carbons (Fsp3) is 0.154. The highest BCUT2D eigenvalue weighted by Crippen LogP contribution is 2.14. The maximum absolute atomic E-state index is 13.6. The van der Waals surface area contributed by atoms with E-state index in [0.717, 1.165) is 6.21 Å². The Kier molecular flexibility index (Phi) is 4.09. The number of hydrazone groups is 1. The first-order chi connectivity index (χ1) is 9.63. The van der Waals surface area contributed by atoms with Crippen LogP contribution in [0.5, 0.6) is 5.75 Å². The highest BCUT2D eigenvalue weighted by molar-refractivity contribution is 5.97. The number of aryl methyl sites for hydroxylation is 1. The second-order valence-corrected chi connectivity index (χ2v) is 3.92. The van der Waals surface area contributed by atoms with E-state index in [-0.39, 0.29) is 16.9 Å². The van der Waals surface area contributed by atoms with Crippen molar-refractivity contribution < 1.29 is 14.3 Å². The first-order valence-corrected chi connectivity index (χ1v) is 5.96. The fourth-order valence-corrected chi connectivity index (χ4v) is 1.58. The highest BCUT2D eigenvalue weighted by atomic mass is 19.1. The Labute approximate surface area is 114 Å². The van der Waals surface area contributed by atoms with Crippen molar-refractivity contribution in [2.75, 3.05) is 0 Å². The molecule has 1 amide bonds. The molecule has 2 N–H and O–H groups in total. The molecule has 0 aliphatic carbocycles. The second-order valence-electron chi connectivity index (χ2n) is 3.92. The number of carbonyl (C=O) groups excluding carboxylic acids is 1. The number of nitrogens with one attached hydrogen (secondary N) is 1. The van der Waals surface area contributed by atoms with Crippen LogP contribution in [-0.4, -0.2) is 27.0 Å². The molecule has 2 rings (SSSR count). The molecule has 1 aromatic carbocycles. The second kappa shape index (κ2) is 5.96.